The molecule has 26 heavy (non-hydrogen) atoms. The van der Waals surface area contributed by atoms with Crippen LogP contribution in [0.2, 0.25) is 0 Å². The van der Waals surface area contributed by atoms with Gasteiger partial charge in [0.2, 0.25) is 5.95 Å². The highest BCUT2D eigenvalue weighted by molar-refractivity contribution is 5.45. The van der Waals surface area contributed by atoms with Crippen molar-refractivity contribution in [3.8, 4) is 11.5 Å². The summed E-state index contributed by atoms with van der Waals surface area (Å²) in [5.41, 5.74) is 2.18. The van der Waals surface area contributed by atoms with E-state index in [0.717, 1.165) is 16.9 Å². The highest BCUT2D eigenvalue weighted by Gasteiger charge is 2.05. The summed E-state index contributed by atoms with van der Waals surface area (Å²) in [6, 6.07) is 11.5. The number of benzene rings is 1. The second-order valence-electron chi connectivity index (χ2n) is 5.52. The lowest BCUT2D eigenvalue weighted by molar-refractivity contribution is 0.354. The van der Waals surface area contributed by atoms with Crippen LogP contribution in [-0.2, 0) is 13.1 Å². The Bertz CT molecular complexity index is 842. The molecule has 3 aromatic rings. The van der Waals surface area contributed by atoms with E-state index in [9.17, 15) is 0 Å². The van der Waals surface area contributed by atoms with Crippen LogP contribution in [0.5, 0.6) is 11.5 Å². The van der Waals surface area contributed by atoms with Crippen LogP contribution in [0, 0.1) is 0 Å². The number of ether oxygens (including phenoxy) is 2. The summed E-state index contributed by atoms with van der Waals surface area (Å²) in [6.07, 6.45) is 5.26. The Kier molecular flexibility index (Phi) is 5.82. The Morgan fingerprint density at radius 2 is 1.58 bits per heavy atom. The van der Waals surface area contributed by atoms with Gasteiger partial charge in [0.05, 0.1) is 14.2 Å². The standard InChI is InChI=1S/C19H21N5O2/c1-25-16-4-3-15(11-17(16)26-2)13-23-19-21-10-7-18(24-19)22-12-14-5-8-20-9-6-14/h3-11H,12-13H2,1-2H3,(H2,21,22,23,24). The molecule has 0 unspecified atom stereocenters. The minimum Gasteiger partial charge on any atom is -0.493 e. The molecule has 7 nitrogen and oxygen atoms in total. The van der Waals surface area contributed by atoms with E-state index >= 15 is 0 Å². The Labute approximate surface area is 152 Å². The minimum absolute atomic E-state index is 0.555. The van der Waals surface area contributed by atoms with E-state index in [-0.39, 0.29) is 0 Å². The number of aromatic nitrogens is 3. The van der Waals surface area contributed by atoms with Crippen LogP contribution in [0.3, 0.4) is 0 Å². The first-order valence-electron chi connectivity index (χ1n) is 8.19. The third-order valence-electron chi connectivity index (χ3n) is 3.78. The topological polar surface area (TPSA) is 81.2 Å². The minimum atomic E-state index is 0.555. The predicted octanol–water partition coefficient (Wildman–Crippen LogP) is 3.11. The number of rotatable bonds is 8. The summed E-state index contributed by atoms with van der Waals surface area (Å²) < 4.78 is 10.6. The summed E-state index contributed by atoms with van der Waals surface area (Å²) in [5, 5.41) is 6.50. The van der Waals surface area contributed by atoms with Gasteiger partial charge in [0.25, 0.3) is 0 Å². The second-order valence-corrected chi connectivity index (χ2v) is 5.52. The molecule has 2 heterocycles. The molecule has 134 valence electrons. The molecule has 0 radical (unpaired) electrons. The lowest BCUT2D eigenvalue weighted by atomic mass is 10.2. The predicted molar refractivity (Wildman–Crippen MR) is 100 cm³/mol. The number of pyridine rings is 1. The molecule has 3 rings (SSSR count). The molecule has 2 N–H and O–H groups in total. The molecule has 0 bridgehead atoms. The van der Waals surface area contributed by atoms with E-state index in [1.54, 1.807) is 32.8 Å². The van der Waals surface area contributed by atoms with Gasteiger partial charge in [-0.05, 0) is 41.5 Å². The van der Waals surface area contributed by atoms with Gasteiger partial charge in [-0.25, -0.2) is 4.98 Å². The Balaban J connectivity index is 1.60. The van der Waals surface area contributed by atoms with E-state index in [4.69, 9.17) is 9.47 Å². The molecule has 0 saturated heterocycles. The molecular weight excluding hydrogens is 330 g/mol. The number of nitrogens with zero attached hydrogens (tertiary/aromatic N) is 3. The SMILES string of the molecule is COc1ccc(CNc2nccc(NCc3ccncc3)n2)cc1OC. The largest absolute Gasteiger partial charge is 0.493 e. The van der Waals surface area contributed by atoms with Crippen molar-refractivity contribution < 1.29 is 9.47 Å². The normalized spacial score (nSPS) is 10.2. The molecule has 0 atom stereocenters. The van der Waals surface area contributed by atoms with Crippen molar-refractivity contribution in [2.75, 3.05) is 24.9 Å². The molecule has 0 fully saturated rings. The van der Waals surface area contributed by atoms with Crippen molar-refractivity contribution >= 4 is 11.8 Å². The van der Waals surface area contributed by atoms with Crippen molar-refractivity contribution in [3.63, 3.8) is 0 Å². The monoisotopic (exact) mass is 351 g/mol. The van der Waals surface area contributed by atoms with Gasteiger partial charge < -0.3 is 20.1 Å². The number of hydrogen-bond donors (Lipinski definition) is 2. The van der Waals surface area contributed by atoms with E-state index in [1.807, 2.05) is 36.4 Å². The molecule has 0 aliphatic carbocycles. The summed E-state index contributed by atoms with van der Waals surface area (Å²) in [7, 11) is 3.24. The highest BCUT2D eigenvalue weighted by atomic mass is 16.5. The molecule has 0 amide bonds. The van der Waals surface area contributed by atoms with Gasteiger partial charge in [-0.1, -0.05) is 6.07 Å². The van der Waals surface area contributed by atoms with Crippen LogP contribution < -0.4 is 20.1 Å². The molecule has 0 saturated carbocycles. The van der Waals surface area contributed by atoms with Gasteiger partial charge in [0.1, 0.15) is 5.82 Å². The first kappa shape index (κ1) is 17.5. The fourth-order valence-electron chi connectivity index (χ4n) is 2.41. The number of methoxy groups -OCH3 is 2. The van der Waals surface area contributed by atoms with Gasteiger partial charge in [-0.15, -0.1) is 0 Å². The van der Waals surface area contributed by atoms with E-state index in [0.29, 0.717) is 30.5 Å². The number of nitrogens with one attached hydrogen (secondary N) is 2. The van der Waals surface area contributed by atoms with Crippen LogP contribution in [0.25, 0.3) is 0 Å². The lowest BCUT2D eigenvalue weighted by Gasteiger charge is -2.11. The van der Waals surface area contributed by atoms with Crippen LogP contribution in [0.1, 0.15) is 11.1 Å². The lowest BCUT2D eigenvalue weighted by Crippen LogP contribution is -2.07. The zero-order valence-electron chi connectivity index (χ0n) is 14.8. The summed E-state index contributed by atoms with van der Waals surface area (Å²) in [6.45, 7) is 1.25. The maximum Gasteiger partial charge on any atom is 0.224 e. The Hall–Kier alpha value is -3.35. The zero-order valence-corrected chi connectivity index (χ0v) is 14.8. The van der Waals surface area contributed by atoms with E-state index < -0.39 is 0 Å². The quantitative estimate of drug-likeness (QED) is 0.645. The van der Waals surface area contributed by atoms with Crippen LogP contribution >= 0.6 is 0 Å². The van der Waals surface area contributed by atoms with Gasteiger partial charge >= 0.3 is 0 Å². The average Bonchev–Trinajstić information content (AvgIpc) is 2.71. The van der Waals surface area contributed by atoms with Crippen molar-refractivity contribution in [1.82, 2.24) is 15.0 Å². The van der Waals surface area contributed by atoms with Crippen LogP contribution in [-0.4, -0.2) is 29.2 Å². The smallest absolute Gasteiger partial charge is 0.224 e. The third kappa shape index (κ3) is 4.60. The maximum atomic E-state index is 5.32. The molecule has 1 aromatic carbocycles. The summed E-state index contributed by atoms with van der Waals surface area (Å²) in [5.74, 6) is 2.71. The summed E-state index contributed by atoms with van der Waals surface area (Å²) >= 11 is 0. The van der Waals surface area contributed by atoms with Crippen LogP contribution in [0.15, 0.2) is 55.0 Å². The van der Waals surface area contributed by atoms with E-state index in [2.05, 4.69) is 25.6 Å². The zero-order chi connectivity index (χ0) is 18.2. The van der Waals surface area contributed by atoms with Gasteiger partial charge in [-0.2, -0.15) is 4.98 Å². The van der Waals surface area contributed by atoms with Gasteiger partial charge in [-0.3, -0.25) is 4.98 Å². The van der Waals surface area contributed by atoms with Crippen LogP contribution in [0.4, 0.5) is 11.8 Å². The Morgan fingerprint density at radius 1 is 0.808 bits per heavy atom. The average molecular weight is 351 g/mol. The second kappa shape index (κ2) is 8.66. The fourth-order valence-corrected chi connectivity index (χ4v) is 2.41. The fraction of sp³-hybridized carbons (Fsp3) is 0.211. The molecular formula is C19H21N5O2. The highest BCUT2D eigenvalue weighted by Crippen LogP contribution is 2.27. The maximum absolute atomic E-state index is 5.32. The molecule has 0 aliphatic rings. The van der Waals surface area contributed by atoms with E-state index in [1.165, 1.54) is 0 Å². The summed E-state index contributed by atoms with van der Waals surface area (Å²) in [4.78, 5) is 12.7. The Morgan fingerprint density at radius 3 is 2.35 bits per heavy atom. The molecule has 7 heteroatoms. The van der Waals surface area contributed by atoms with Crippen molar-refractivity contribution in [2.24, 2.45) is 0 Å². The third-order valence-corrected chi connectivity index (χ3v) is 3.78. The van der Waals surface area contributed by atoms with Gasteiger partial charge in [0, 0.05) is 31.7 Å². The van der Waals surface area contributed by atoms with Crippen molar-refractivity contribution in [1.29, 1.82) is 0 Å². The molecule has 0 spiro atoms. The van der Waals surface area contributed by atoms with Gasteiger partial charge in [0.15, 0.2) is 11.5 Å². The number of hydrogen-bond acceptors (Lipinski definition) is 7. The first-order chi connectivity index (χ1) is 12.8. The number of anilines is 2. The molecule has 2 aromatic heterocycles. The first-order valence-corrected chi connectivity index (χ1v) is 8.19. The molecule has 0 aliphatic heterocycles. The van der Waals surface area contributed by atoms with Crippen molar-refractivity contribution in [3.05, 3.63) is 66.1 Å². The van der Waals surface area contributed by atoms with Crippen molar-refractivity contribution in [2.45, 2.75) is 13.1 Å².